The van der Waals surface area contributed by atoms with Gasteiger partial charge in [0.25, 0.3) is 5.56 Å². The first-order valence-electron chi connectivity index (χ1n) is 7.85. The highest BCUT2D eigenvalue weighted by Crippen LogP contribution is 2.27. The Labute approximate surface area is 143 Å². The van der Waals surface area contributed by atoms with Gasteiger partial charge in [0.15, 0.2) is 0 Å². The third-order valence-corrected chi connectivity index (χ3v) is 3.21. The van der Waals surface area contributed by atoms with Gasteiger partial charge in [-0.05, 0) is 52.2 Å². The van der Waals surface area contributed by atoms with Gasteiger partial charge in [-0.25, -0.2) is 4.79 Å². The number of H-pyrrole nitrogens is 1. The van der Waals surface area contributed by atoms with Crippen LogP contribution in [0.2, 0.25) is 0 Å². The molecule has 0 saturated carbocycles. The molecule has 1 atom stereocenters. The molecule has 0 radical (unpaired) electrons. The number of aromatic nitrogens is 1. The molecular weight excluding hydrogens is 341 g/mol. The summed E-state index contributed by atoms with van der Waals surface area (Å²) in [7, 11) is 0. The van der Waals surface area contributed by atoms with E-state index in [-0.39, 0.29) is 18.6 Å². The number of hydrogen-bond donors (Lipinski definition) is 3. The molecular formula is C16H23F3N2O4. The SMILES string of the molecule is CC(C)(C)OC(=O)N[C@H](CCCCO)c1ccc(C(F)(F)F)[nH]c1=O. The lowest BCUT2D eigenvalue weighted by atomic mass is 10.0. The number of unbranched alkanes of at least 4 members (excludes halogenated alkanes) is 1. The van der Waals surface area contributed by atoms with Crippen LogP contribution >= 0.6 is 0 Å². The van der Waals surface area contributed by atoms with Crippen molar-refractivity contribution in [1.29, 1.82) is 0 Å². The Bertz CT molecular complexity index is 635. The van der Waals surface area contributed by atoms with Crippen LogP contribution in [0, 0.1) is 0 Å². The van der Waals surface area contributed by atoms with Crippen molar-refractivity contribution in [2.45, 2.75) is 57.9 Å². The van der Waals surface area contributed by atoms with Gasteiger partial charge in [-0.1, -0.05) is 0 Å². The lowest BCUT2D eigenvalue weighted by Crippen LogP contribution is -2.37. The molecule has 0 spiro atoms. The van der Waals surface area contributed by atoms with E-state index in [0.29, 0.717) is 12.8 Å². The number of carbonyl (C=O) groups excluding carboxylic acids is 1. The maximum atomic E-state index is 12.7. The third kappa shape index (κ3) is 7.16. The Balaban J connectivity index is 3.03. The van der Waals surface area contributed by atoms with E-state index < -0.39 is 35.2 Å². The van der Waals surface area contributed by atoms with Crippen LogP contribution in [0.15, 0.2) is 16.9 Å². The molecule has 0 unspecified atom stereocenters. The molecule has 1 aromatic heterocycles. The minimum absolute atomic E-state index is 0.00296. The van der Waals surface area contributed by atoms with Crippen LogP contribution < -0.4 is 10.9 Å². The summed E-state index contributed by atoms with van der Waals surface area (Å²) >= 11 is 0. The standard InChI is InChI=1S/C16H23F3N2O4/c1-15(2,3)25-14(24)20-11(6-4-5-9-22)10-7-8-12(16(17,18)19)21-13(10)23/h7-8,11,22H,4-6,9H2,1-3H3,(H,20,24)(H,21,23)/t11-/m1/s1. The molecule has 0 saturated heterocycles. The van der Waals surface area contributed by atoms with Crippen LogP contribution in [0.1, 0.15) is 57.3 Å². The Hall–Kier alpha value is -2.03. The van der Waals surface area contributed by atoms with Crippen LogP contribution in [0.4, 0.5) is 18.0 Å². The number of aliphatic hydroxyl groups is 1. The average molecular weight is 364 g/mol. The van der Waals surface area contributed by atoms with Gasteiger partial charge < -0.3 is 20.1 Å². The van der Waals surface area contributed by atoms with Gasteiger partial charge in [0.05, 0.1) is 6.04 Å². The predicted molar refractivity (Wildman–Crippen MR) is 85.1 cm³/mol. The molecule has 0 aromatic carbocycles. The number of nitrogens with one attached hydrogen (secondary N) is 2. The zero-order valence-corrected chi connectivity index (χ0v) is 14.4. The number of aromatic amines is 1. The van der Waals surface area contributed by atoms with Crippen molar-refractivity contribution in [2.75, 3.05) is 6.61 Å². The molecule has 9 heteroatoms. The molecule has 1 heterocycles. The highest BCUT2D eigenvalue weighted by Gasteiger charge is 2.32. The number of amides is 1. The van der Waals surface area contributed by atoms with E-state index >= 15 is 0 Å². The molecule has 0 fully saturated rings. The van der Waals surface area contributed by atoms with Gasteiger partial charge in [0.1, 0.15) is 11.3 Å². The molecule has 3 N–H and O–H groups in total. The van der Waals surface area contributed by atoms with E-state index in [9.17, 15) is 22.8 Å². The summed E-state index contributed by atoms with van der Waals surface area (Å²) in [5, 5.41) is 11.4. The maximum absolute atomic E-state index is 12.7. The lowest BCUT2D eigenvalue weighted by molar-refractivity contribution is -0.141. The Morgan fingerprint density at radius 1 is 1.28 bits per heavy atom. The first-order chi connectivity index (χ1) is 11.4. The number of alkyl halides is 3. The number of hydrogen-bond acceptors (Lipinski definition) is 4. The summed E-state index contributed by atoms with van der Waals surface area (Å²) in [5.41, 5.74) is -2.85. The Morgan fingerprint density at radius 3 is 2.40 bits per heavy atom. The number of carbonyl (C=O) groups is 1. The summed E-state index contributed by atoms with van der Waals surface area (Å²) < 4.78 is 43.1. The number of halogens is 3. The maximum Gasteiger partial charge on any atom is 0.431 e. The van der Waals surface area contributed by atoms with Crippen molar-refractivity contribution >= 4 is 6.09 Å². The number of alkyl carbamates (subject to hydrolysis) is 1. The van der Waals surface area contributed by atoms with Crippen LogP contribution in [-0.2, 0) is 10.9 Å². The van der Waals surface area contributed by atoms with Gasteiger partial charge in [0, 0.05) is 12.2 Å². The number of aliphatic hydroxyl groups excluding tert-OH is 1. The quantitative estimate of drug-likeness (QED) is 0.677. The molecule has 0 bridgehead atoms. The van der Waals surface area contributed by atoms with E-state index in [2.05, 4.69) is 5.32 Å². The summed E-state index contributed by atoms with van der Waals surface area (Å²) in [4.78, 5) is 25.8. The molecule has 142 valence electrons. The topological polar surface area (TPSA) is 91.4 Å². The molecule has 1 rings (SSSR count). The van der Waals surface area contributed by atoms with E-state index in [0.717, 1.165) is 12.1 Å². The van der Waals surface area contributed by atoms with Gasteiger partial charge >= 0.3 is 12.3 Å². The van der Waals surface area contributed by atoms with E-state index in [1.807, 2.05) is 0 Å². The fourth-order valence-corrected chi connectivity index (χ4v) is 2.14. The number of pyridine rings is 1. The van der Waals surface area contributed by atoms with E-state index in [1.54, 1.807) is 25.8 Å². The summed E-state index contributed by atoms with van der Waals surface area (Å²) in [6, 6.07) is 0.974. The molecule has 6 nitrogen and oxygen atoms in total. The van der Waals surface area contributed by atoms with Crippen LogP contribution in [0.5, 0.6) is 0 Å². The number of ether oxygens (including phenoxy) is 1. The first-order valence-corrected chi connectivity index (χ1v) is 7.85. The molecule has 0 aliphatic carbocycles. The minimum Gasteiger partial charge on any atom is -0.444 e. The van der Waals surface area contributed by atoms with Crippen molar-refractivity contribution < 1.29 is 27.8 Å². The molecule has 1 aromatic rings. The average Bonchev–Trinajstić information content (AvgIpc) is 2.43. The molecule has 25 heavy (non-hydrogen) atoms. The smallest absolute Gasteiger partial charge is 0.431 e. The van der Waals surface area contributed by atoms with Crippen molar-refractivity contribution in [3.05, 3.63) is 33.7 Å². The number of rotatable bonds is 6. The third-order valence-electron chi connectivity index (χ3n) is 3.21. The molecule has 1 amide bonds. The van der Waals surface area contributed by atoms with Crippen molar-refractivity contribution in [3.63, 3.8) is 0 Å². The summed E-state index contributed by atoms with van der Waals surface area (Å²) in [6.45, 7) is 4.93. The highest BCUT2D eigenvalue weighted by atomic mass is 19.4. The highest BCUT2D eigenvalue weighted by molar-refractivity contribution is 5.68. The van der Waals surface area contributed by atoms with Crippen LogP contribution in [0.3, 0.4) is 0 Å². The van der Waals surface area contributed by atoms with E-state index in [4.69, 9.17) is 9.84 Å². The van der Waals surface area contributed by atoms with E-state index in [1.165, 1.54) is 0 Å². The summed E-state index contributed by atoms with van der Waals surface area (Å²) in [6.07, 6.45) is -4.26. The fourth-order valence-electron chi connectivity index (χ4n) is 2.14. The van der Waals surface area contributed by atoms with Crippen molar-refractivity contribution in [2.24, 2.45) is 0 Å². The van der Waals surface area contributed by atoms with Crippen molar-refractivity contribution in [1.82, 2.24) is 10.3 Å². The first kappa shape index (κ1) is 21.0. The molecule has 0 aliphatic heterocycles. The second kappa shape index (κ2) is 8.37. The second-order valence-electron chi connectivity index (χ2n) is 6.57. The zero-order chi connectivity index (χ0) is 19.3. The monoisotopic (exact) mass is 364 g/mol. The minimum atomic E-state index is -4.66. The second-order valence-corrected chi connectivity index (χ2v) is 6.57. The van der Waals surface area contributed by atoms with Gasteiger partial charge in [-0.15, -0.1) is 0 Å². The molecule has 0 aliphatic rings. The van der Waals surface area contributed by atoms with Crippen LogP contribution in [-0.4, -0.2) is 28.4 Å². The zero-order valence-electron chi connectivity index (χ0n) is 14.4. The fraction of sp³-hybridized carbons (Fsp3) is 0.625. The van der Waals surface area contributed by atoms with Gasteiger partial charge in [-0.3, -0.25) is 4.79 Å². The van der Waals surface area contributed by atoms with Gasteiger partial charge in [-0.2, -0.15) is 13.2 Å². The lowest BCUT2D eigenvalue weighted by Gasteiger charge is -2.23. The summed E-state index contributed by atoms with van der Waals surface area (Å²) in [5.74, 6) is 0. The Morgan fingerprint density at radius 2 is 1.92 bits per heavy atom. The van der Waals surface area contributed by atoms with Gasteiger partial charge in [0.2, 0.25) is 0 Å². The largest absolute Gasteiger partial charge is 0.444 e. The van der Waals surface area contributed by atoms with Crippen LogP contribution in [0.25, 0.3) is 0 Å². The Kier molecular flexibility index (Phi) is 7.04. The predicted octanol–water partition coefficient (Wildman–Crippen LogP) is 3.12. The van der Waals surface area contributed by atoms with Crippen molar-refractivity contribution in [3.8, 4) is 0 Å². The normalized spacial score (nSPS) is 13.4.